The van der Waals surface area contributed by atoms with Crippen LogP contribution in [-0.2, 0) is 11.3 Å². The molecule has 0 atom stereocenters. The summed E-state index contributed by atoms with van der Waals surface area (Å²) in [7, 11) is 0. The van der Waals surface area contributed by atoms with Gasteiger partial charge in [-0.3, -0.25) is 4.79 Å². The molecule has 1 aliphatic rings. The van der Waals surface area contributed by atoms with Crippen molar-refractivity contribution in [3.8, 4) is 22.2 Å². The van der Waals surface area contributed by atoms with Crippen molar-refractivity contribution in [3.63, 3.8) is 0 Å². The van der Waals surface area contributed by atoms with Crippen LogP contribution in [-0.4, -0.2) is 33.2 Å². The first-order valence-corrected chi connectivity index (χ1v) is 9.90. The second-order valence-electron chi connectivity index (χ2n) is 5.43. The number of nitrogens with one attached hydrogen (secondary N) is 1. The molecule has 1 N–H and O–H groups in total. The Hall–Kier alpha value is -2.52. The van der Waals surface area contributed by atoms with Gasteiger partial charge in [-0.15, -0.1) is 21.5 Å². The third-order valence-electron chi connectivity index (χ3n) is 3.76. The molecule has 0 spiro atoms. The summed E-state index contributed by atoms with van der Waals surface area (Å²) in [6, 6.07) is 9.34. The second kappa shape index (κ2) is 7.38. The van der Waals surface area contributed by atoms with E-state index in [4.69, 9.17) is 9.47 Å². The normalized spacial score (nSPS) is 12.3. The van der Waals surface area contributed by atoms with Crippen molar-refractivity contribution in [3.05, 3.63) is 35.7 Å². The highest BCUT2D eigenvalue weighted by molar-refractivity contribution is 7.99. The van der Waals surface area contributed by atoms with Crippen LogP contribution < -0.4 is 14.8 Å². The molecule has 9 heteroatoms. The van der Waals surface area contributed by atoms with E-state index in [-0.39, 0.29) is 18.5 Å². The predicted molar refractivity (Wildman–Crippen MR) is 101 cm³/mol. The molecule has 4 rings (SSSR count). The molecule has 26 heavy (non-hydrogen) atoms. The van der Waals surface area contributed by atoms with E-state index in [0.717, 1.165) is 22.4 Å². The second-order valence-corrected chi connectivity index (χ2v) is 7.32. The molecule has 2 aromatic heterocycles. The number of benzene rings is 1. The number of carbonyl (C=O) groups excluding carboxylic acids is 1. The average Bonchev–Trinajstić information content (AvgIpc) is 3.38. The lowest BCUT2D eigenvalue weighted by Crippen LogP contribution is -2.14. The van der Waals surface area contributed by atoms with Crippen LogP contribution in [0.2, 0.25) is 0 Å². The van der Waals surface area contributed by atoms with E-state index in [9.17, 15) is 4.79 Å². The van der Waals surface area contributed by atoms with Crippen molar-refractivity contribution >= 4 is 34.7 Å². The highest BCUT2D eigenvalue weighted by Gasteiger charge is 2.17. The van der Waals surface area contributed by atoms with Gasteiger partial charge in [0.05, 0.1) is 10.6 Å². The summed E-state index contributed by atoms with van der Waals surface area (Å²) in [4.78, 5) is 13.3. The van der Waals surface area contributed by atoms with Crippen LogP contribution in [0.5, 0.6) is 11.5 Å². The molecule has 1 aliphatic heterocycles. The van der Waals surface area contributed by atoms with E-state index in [1.807, 2.05) is 29.0 Å². The molecule has 3 heterocycles. The summed E-state index contributed by atoms with van der Waals surface area (Å²) < 4.78 is 12.6. The maximum absolute atomic E-state index is 12.3. The Bertz CT molecular complexity index is 924. The predicted octanol–water partition coefficient (Wildman–Crippen LogP) is 3.49. The van der Waals surface area contributed by atoms with Gasteiger partial charge < -0.3 is 19.4 Å². The number of carbonyl (C=O) groups is 1. The highest BCUT2D eigenvalue weighted by atomic mass is 32.2. The minimum Gasteiger partial charge on any atom is -0.454 e. The Labute approximate surface area is 158 Å². The van der Waals surface area contributed by atoms with Crippen molar-refractivity contribution in [2.45, 2.75) is 18.6 Å². The van der Waals surface area contributed by atoms with E-state index >= 15 is 0 Å². The minimum absolute atomic E-state index is 0.114. The molecule has 0 aliphatic carbocycles. The van der Waals surface area contributed by atoms with E-state index in [2.05, 4.69) is 15.5 Å². The van der Waals surface area contributed by atoms with Gasteiger partial charge in [-0.05, 0) is 30.5 Å². The zero-order valence-electron chi connectivity index (χ0n) is 14.0. The summed E-state index contributed by atoms with van der Waals surface area (Å²) >= 11 is 2.99. The van der Waals surface area contributed by atoms with Crippen molar-refractivity contribution < 1.29 is 14.3 Å². The topological polar surface area (TPSA) is 78.3 Å². The number of aromatic nitrogens is 3. The Morgan fingerprint density at radius 1 is 1.31 bits per heavy atom. The van der Waals surface area contributed by atoms with Crippen LogP contribution >= 0.6 is 23.1 Å². The van der Waals surface area contributed by atoms with Crippen LogP contribution in [0.15, 0.2) is 40.9 Å². The molecule has 0 bridgehead atoms. The lowest BCUT2D eigenvalue weighted by molar-refractivity contribution is -0.113. The molecular formula is C17H16N4O3S2. The van der Waals surface area contributed by atoms with Crippen molar-refractivity contribution in [2.24, 2.45) is 0 Å². The maximum atomic E-state index is 12.3. The third kappa shape index (κ3) is 3.40. The highest BCUT2D eigenvalue weighted by Crippen LogP contribution is 2.34. The van der Waals surface area contributed by atoms with Crippen LogP contribution in [0.4, 0.5) is 5.69 Å². The van der Waals surface area contributed by atoms with Crippen LogP contribution in [0.3, 0.4) is 0 Å². The zero-order chi connectivity index (χ0) is 17.9. The van der Waals surface area contributed by atoms with Gasteiger partial charge in [0.2, 0.25) is 12.7 Å². The number of fused-ring (bicyclic) bond motifs is 1. The summed E-state index contributed by atoms with van der Waals surface area (Å²) in [5, 5.41) is 14.1. The van der Waals surface area contributed by atoms with E-state index in [1.54, 1.807) is 29.5 Å². The molecular weight excluding hydrogens is 372 g/mol. The van der Waals surface area contributed by atoms with Crippen molar-refractivity contribution in [1.82, 2.24) is 14.8 Å². The number of ether oxygens (including phenoxy) is 2. The number of thiophene rings is 1. The average molecular weight is 388 g/mol. The first-order valence-electron chi connectivity index (χ1n) is 8.04. The summed E-state index contributed by atoms with van der Waals surface area (Å²) in [6.07, 6.45) is 0. The Kier molecular flexibility index (Phi) is 4.81. The number of amides is 1. The van der Waals surface area contributed by atoms with Gasteiger partial charge in [-0.1, -0.05) is 17.8 Å². The summed E-state index contributed by atoms with van der Waals surface area (Å²) in [6.45, 7) is 2.99. The molecule has 1 amide bonds. The monoisotopic (exact) mass is 388 g/mol. The van der Waals surface area contributed by atoms with Crippen molar-refractivity contribution in [2.75, 3.05) is 17.9 Å². The number of thioether (sulfide) groups is 1. The first kappa shape index (κ1) is 16.9. The Balaban J connectivity index is 1.40. The standard InChI is InChI=1S/C17H16N4O3S2/c1-2-21-16(14-4-3-7-25-14)19-20-17(21)26-9-15(22)18-11-5-6-12-13(8-11)24-10-23-12/h3-8H,2,9-10H2,1H3,(H,18,22). The third-order valence-corrected chi connectivity index (χ3v) is 5.60. The molecule has 0 unspecified atom stereocenters. The molecule has 0 saturated carbocycles. The van der Waals surface area contributed by atoms with Crippen LogP contribution in [0.1, 0.15) is 6.92 Å². The lowest BCUT2D eigenvalue weighted by Gasteiger charge is -2.07. The molecule has 0 fully saturated rings. The van der Waals surface area contributed by atoms with Gasteiger partial charge in [0.15, 0.2) is 22.5 Å². The van der Waals surface area contributed by atoms with E-state index in [0.29, 0.717) is 17.2 Å². The molecule has 1 aromatic carbocycles. The largest absolute Gasteiger partial charge is 0.454 e. The molecule has 134 valence electrons. The Morgan fingerprint density at radius 2 is 2.19 bits per heavy atom. The fourth-order valence-electron chi connectivity index (χ4n) is 2.57. The Morgan fingerprint density at radius 3 is 3.00 bits per heavy atom. The minimum atomic E-state index is -0.114. The SMILES string of the molecule is CCn1c(SCC(=O)Nc2ccc3c(c2)OCO3)nnc1-c1cccs1. The zero-order valence-corrected chi connectivity index (χ0v) is 15.6. The lowest BCUT2D eigenvalue weighted by atomic mass is 10.3. The van der Waals surface area contributed by atoms with E-state index < -0.39 is 0 Å². The molecule has 0 radical (unpaired) electrons. The smallest absolute Gasteiger partial charge is 0.234 e. The van der Waals surface area contributed by atoms with Gasteiger partial charge in [0.1, 0.15) is 0 Å². The van der Waals surface area contributed by atoms with Gasteiger partial charge >= 0.3 is 0 Å². The van der Waals surface area contributed by atoms with Gasteiger partial charge in [0, 0.05) is 18.3 Å². The summed E-state index contributed by atoms with van der Waals surface area (Å²) in [5.74, 6) is 2.30. The number of nitrogens with zero attached hydrogens (tertiary/aromatic N) is 3. The summed E-state index contributed by atoms with van der Waals surface area (Å²) in [5.41, 5.74) is 0.677. The van der Waals surface area contributed by atoms with E-state index in [1.165, 1.54) is 11.8 Å². The fraction of sp³-hybridized carbons (Fsp3) is 0.235. The van der Waals surface area contributed by atoms with Gasteiger partial charge in [0.25, 0.3) is 0 Å². The van der Waals surface area contributed by atoms with Crippen molar-refractivity contribution in [1.29, 1.82) is 0 Å². The number of hydrogen-bond donors (Lipinski definition) is 1. The van der Waals surface area contributed by atoms with Gasteiger partial charge in [-0.2, -0.15) is 0 Å². The van der Waals surface area contributed by atoms with Crippen LogP contribution in [0.25, 0.3) is 10.7 Å². The first-order chi connectivity index (χ1) is 12.7. The molecule has 3 aromatic rings. The fourth-order valence-corrected chi connectivity index (χ4v) is 4.09. The maximum Gasteiger partial charge on any atom is 0.234 e. The molecule has 7 nitrogen and oxygen atoms in total. The number of anilines is 1. The van der Waals surface area contributed by atoms with Crippen LogP contribution in [0, 0.1) is 0 Å². The van der Waals surface area contributed by atoms with Gasteiger partial charge in [-0.25, -0.2) is 0 Å². The number of rotatable bonds is 6. The molecule has 0 saturated heterocycles. The number of hydrogen-bond acceptors (Lipinski definition) is 7. The quantitative estimate of drug-likeness (QED) is 0.652.